The minimum Gasteiger partial charge on any atom is -0.383 e. The number of aromatic nitrogens is 2. The molecule has 2 aromatic rings. The van der Waals surface area contributed by atoms with Gasteiger partial charge in [0.1, 0.15) is 5.82 Å². The fourth-order valence-corrected chi connectivity index (χ4v) is 2.68. The number of anilines is 1. The average molecular weight is 341 g/mol. The molecule has 3 nitrogen and oxygen atoms in total. The highest BCUT2D eigenvalue weighted by molar-refractivity contribution is 9.10. The standard InChI is InChI=1S/C14H15BrClN3/c1-14(2,3)11-10(15)12(17)19-13(18-11)8-5-4-6-9(16)7-8/h4-7H,1-3H3,(H2,17,18,19). The molecule has 1 aromatic heterocycles. The van der Waals surface area contributed by atoms with Crippen molar-refractivity contribution in [2.24, 2.45) is 0 Å². The van der Waals surface area contributed by atoms with E-state index in [4.69, 9.17) is 17.3 Å². The summed E-state index contributed by atoms with van der Waals surface area (Å²) in [6.45, 7) is 6.25. The molecule has 0 spiro atoms. The molecule has 5 heteroatoms. The van der Waals surface area contributed by atoms with Gasteiger partial charge in [0, 0.05) is 16.0 Å². The third-order valence-corrected chi connectivity index (χ3v) is 3.69. The van der Waals surface area contributed by atoms with E-state index in [2.05, 4.69) is 46.7 Å². The molecular formula is C14H15BrClN3. The molecule has 0 radical (unpaired) electrons. The molecule has 0 bridgehead atoms. The highest BCUT2D eigenvalue weighted by Gasteiger charge is 2.22. The Morgan fingerprint density at radius 2 is 1.89 bits per heavy atom. The predicted molar refractivity (Wildman–Crippen MR) is 83.3 cm³/mol. The number of halogens is 2. The van der Waals surface area contributed by atoms with Crippen molar-refractivity contribution in [3.8, 4) is 11.4 Å². The van der Waals surface area contributed by atoms with Crippen LogP contribution in [0, 0.1) is 0 Å². The van der Waals surface area contributed by atoms with Crippen molar-refractivity contribution >= 4 is 33.3 Å². The van der Waals surface area contributed by atoms with Gasteiger partial charge in [-0.2, -0.15) is 0 Å². The zero-order chi connectivity index (χ0) is 14.2. The van der Waals surface area contributed by atoms with Crippen molar-refractivity contribution in [1.82, 2.24) is 9.97 Å². The van der Waals surface area contributed by atoms with Gasteiger partial charge in [0.05, 0.1) is 10.2 Å². The summed E-state index contributed by atoms with van der Waals surface area (Å²) in [4.78, 5) is 8.94. The Bertz CT molecular complexity index is 621. The molecule has 0 unspecified atom stereocenters. The van der Waals surface area contributed by atoms with Crippen LogP contribution in [0.4, 0.5) is 5.82 Å². The number of nitrogen functional groups attached to an aromatic ring is 1. The Labute approximate surface area is 126 Å². The van der Waals surface area contributed by atoms with E-state index in [0.717, 1.165) is 15.7 Å². The van der Waals surface area contributed by atoms with Crippen LogP contribution >= 0.6 is 27.5 Å². The third-order valence-electron chi connectivity index (χ3n) is 2.67. The molecule has 0 aliphatic rings. The van der Waals surface area contributed by atoms with Gasteiger partial charge in [-0.1, -0.05) is 44.5 Å². The second-order valence-corrected chi connectivity index (χ2v) is 6.58. The van der Waals surface area contributed by atoms with Gasteiger partial charge in [-0.05, 0) is 28.1 Å². The number of nitrogens with two attached hydrogens (primary N) is 1. The summed E-state index contributed by atoms with van der Waals surface area (Å²) in [6, 6.07) is 7.44. The molecule has 0 saturated carbocycles. The fraction of sp³-hybridized carbons (Fsp3) is 0.286. The Morgan fingerprint density at radius 1 is 1.21 bits per heavy atom. The van der Waals surface area contributed by atoms with Gasteiger partial charge >= 0.3 is 0 Å². The van der Waals surface area contributed by atoms with Gasteiger partial charge in [0.2, 0.25) is 0 Å². The molecule has 19 heavy (non-hydrogen) atoms. The summed E-state index contributed by atoms with van der Waals surface area (Å²) in [5, 5.41) is 0.653. The van der Waals surface area contributed by atoms with Crippen LogP contribution in [-0.4, -0.2) is 9.97 Å². The summed E-state index contributed by atoms with van der Waals surface area (Å²) >= 11 is 9.46. The Morgan fingerprint density at radius 3 is 2.47 bits per heavy atom. The molecule has 2 rings (SSSR count). The SMILES string of the molecule is CC(C)(C)c1nc(-c2cccc(Cl)c2)nc(N)c1Br. The maximum Gasteiger partial charge on any atom is 0.161 e. The molecule has 1 heterocycles. The number of hydrogen-bond donors (Lipinski definition) is 1. The molecule has 0 fully saturated rings. The molecule has 2 N–H and O–H groups in total. The zero-order valence-electron chi connectivity index (χ0n) is 11.0. The van der Waals surface area contributed by atoms with E-state index in [1.807, 2.05) is 24.3 Å². The van der Waals surface area contributed by atoms with Gasteiger partial charge < -0.3 is 5.73 Å². The van der Waals surface area contributed by atoms with Crippen LogP contribution in [0.3, 0.4) is 0 Å². The molecule has 0 aliphatic carbocycles. The van der Waals surface area contributed by atoms with E-state index in [9.17, 15) is 0 Å². The lowest BCUT2D eigenvalue weighted by molar-refractivity contribution is 0.565. The molecule has 100 valence electrons. The third kappa shape index (κ3) is 3.07. The highest BCUT2D eigenvalue weighted by Crippen LogP contribution is 2.33. The van der Waals surface area contributed by atoms with Crippen LogP contribution in [0.2, 0.25) is 5.02 Å². The zero-order valence-corrected chi connectivity index (χ0v) is 13.4. The van der Waals surface area contributed by atoms with E-state index in [-0.39, 0.29) is 5.41 Å². The van der Waals surface area contributed by atoms with Gasteiger partial charge in [0.25, 0.3) is 0 Å². The van der Waals surface area contributed by atoms with Crippen LogP contribution in [-0.2, 0) is 5.41 Å². The summed E-state index contributed by atoms with van der Waals surface area (Å²) in [6.07, 6.45) is 0. The molecule has 1 aromatic carbocycles. The molecule has 0 aliphatic heterocycles. The van der Waals surface area contributed by atoms with Crippen molar-refractivity contribution < 1.29 is 0 Å². The lowest BCUT2D eigenvalue weighted by atomic mass is 9.91. The average Bonchev–Trinajstić information content (AvgIpc) is 2.31. The Balaban J connectivity index is 2.63. The van der Waals surface area contributed by atoms with E-state index < -0.39 is 0 Å². The summed E-state index contributed by atoms with van der Waals surface area (Å²) in [5.41, 5.74) is 7.58. The molecule has 0 atom stereocenters. The smallest absolute Gasteiger partial charge is 0.161 e. The van der Waals surface area contributed by atoms with Crippen molar-refractivity contribution in [3.05, 3.63) is 39.5 Å². The van der Waals surface area contributed by atoms with Crippen LogP contribution < -0.4 is 5.73 Å². The van der Waals surface area contributed by atoms with Crippen molar-refractivity contribution in [2.45, 2.75) is 26.2 Å². The Kier molecular flexibility index (Phi) is 3.83. The largest absolute Gasteiger partial charge is 0.383 e. The number of rotatable bonds is 1. The lowest BCUT2D eigenvalue weighted by Gasteiger charge is -2.20. The van der Waals surface area contributed by atoms with Gasteiger partial charge in [-0.15, -0.1) is 0 Å². The van der Waals surface area contributed by atoms with Gasteiger partial charge in [-0.3, -0.25) is 0 Å². The maximum atomic E-state index is 6.00. The van der Waals surface area contributed by atoms with Crippen molar-refractivity contribution in [3.63, 3.8) is 0 Å². The summed E-state index contributed by atoms with van der Waals surface area (Å²) in [5.74, 6) is 1.03. The maximum absolute atomic E-state index is 6.00. The number of hydrogen-bond acceptors (Lipinski definition) is 3. The van der Waals surface area contributed by atoms with Crippen LogP contribution in [0.1, 0.15) is 26.5 Å². The first kappa shape index (κ1) is 14.3. The van der Waals surface area contributed by atoms with Crippen LogP contribution in [0.15, 0.2) is 28.7 Å². The monoisotopic (exact) mass is 339 g/mol. The molecule has 0 amide bonds. The minimum atomic E-state index is -0.122. The summed E-state index contributed by atoms with van der Waals surface area (Å²) < 4.78 is 0.755. The fourth-order valence-electron chi connectivity index (χ4n) is 1.72. The first-order valence-electron chi connectivity index (χ1n) is 5.88. The normalized spacial score (nSPS) is 11.6. The van der Waals surface area contributed by atoms with Crippen LogP contribution in [0.25, 0.3) is 11.4 Å². The van der Waals surface area contributed by atoms with E-state index in [0.29, 0.717) is 16.7 Å². The second kappa shape index (κ2) is 5.10. The minimum absolute atomic E-state index is 0.122. The van der Waals surface area contributed by atoms with Crippen LogP contribution in [0.5, 0.6) is 0 Å². The van der Waals surface area contributed by atoms with E-state index in [1.165, 1.54) is 0 Å². The van der Waals surface area contributed by atoms with Gasteiger partial charge in [-0.25, -0.2) is 9.97 Å². The first-order valence-corrected chi connectivity index (χ1v) is 7.05. The van der Waals surface area contributed by atoms with Crippen molar-refractivity contribution in [2.75, 3.05) is 5.73 Å². The predicted octanol–water partition coefficient (Wildman–Crippen LogP) is 4.44. The molecule has 0 saturated heterocycles. The lowest BCUT2D eigenvalue weighted by Crippen LogP contribution is -2.17. The topological polar surface area (TPSA) is 51.8 Å². The van der Waals surface area contributed by atoms with E-state index >= 15 is 0 Å². The van der Waals surface area contributed by atoms with Gasteiger partial charge in [0.15, 0.2) is 5.82 Å². The van der Waals surface area contributed by atoms with Crippen molar-refractivity contribution in [1.29, 1.82) is 0 Å². The Hall–Kier alpha value is -1.13. The summed E-state index contributed by atoms with van der Waals surface area (Å²) in [7, 11) is 0. The second-order valence-electron chi connectivity index (χ2n) is 5.36. The molecular weight excluding hydrogens is 326 g/mol. The van der Waals surface area contributed by atoms with E-state index in [1.54, 1.807) is 0 Å². The first-order chi connectivity index (χ1) is 8.79. The number of benzene rings is 1. The quantitative estimate of drug-likeness (QED) is 0.835. The highest BCUT2D eigenvalue weighted by atomic mass is 79.9. The number of nitrogens with zero attached hydrogens (tertiary/aromatic N) is 2.